The highest BCUT2D eigenvalue weighted by Crippen LogP contribution is 2.21. The minimum Gasteiger partial charge on any atom is -0.478 e. The molecule has 0 radical (unpaired) electrons. The molecule has 112 valence electrons. The maximum absolute atomic E-state index is 11.9. The molecule has 0 aliphatic heterocycles. The Morgan fingerprint density at radius 1 is 1.29 bits per heavy atom. The van der Waals surface area contributed by atoms with Crippen molar-refractivity contribution in [3.63, 3.8) is 0 Å². The number of carbonyl (C=O) groups excluding carboxylic acids is 1. The fraction of sp³-hybridized carbons (Fsp3) is 0.375. The Hall–Kier alpha value is -2.30. The number of carbonyl (C=O) groups is 2. The molecule has 0 unspecified atom stereocenters. The van der Waals surface area contributed by atoms with Gasteiger partial charge in [0, 0.05) is 23.6 Å². The SMILES string of the molecule is CC(C)CCNC(=O)Cn1cc(C(=O)O)c2ccccc21. The van der Waals surface area contributed by atoms with E-state index in [1.807, 2.05) is 12.1 Å². The second-order valence-corrected chi connectivity index (χ2v) is 5.53. The Bertz CT molecular complexity index is 659. The first-order valence-electron chi connectivity index (χ1n) is 7.07. The monoisotopic (exact) mass is 288 g/mol. The molecule has 2 rings (SSSR count). The summed E-state index contributed by atoms with van der Waals surface area (Å²) in [6.45, 7) is 4.98. The topological polar surface area (TPSA) is 71.3 Å². The fourth-order valence-electron chi connectivity index (χ4n) is 2.26. The molecule has 0 atom stereocenters. The van der Waals surface area contributed by atoms with Crippen LogP contribution in [-0.2, 0) is 11.3 Å². The maximum Gasteiger partial charge on any atom is 0.337 e. The van der Waals surface area contributed by atoms with E-state index < -0.39 is 5.97 Å². The highest BCUT2D eigenvalue weighted by molar-refractivity contribution is 6.03. The summed E-state index contributed by atoms with van der Waals surface area (Å²) in [7, 11) is 0. The van der Waals surface area contributed by atoms with Crippen molar-refractivity contribution in [2.24, 2.45) is 5.92 Å². The number of nitrogens with zero attached hydrogens (tertiary/aromatic N) is 1. The Morgan fingerprint density at radius 2 is 2.00 bits per heavy atom. The molecule has 0 aliphatic carbocycles. The van der Waals surface area contributed by atoms with Crippen LogP contribution in [0.5, 0.6) is 0 Å². The summed E-state index contributed by atoms with van der Waals surface area (Å²) in [5.74, 6) is -0.546. The third-order valence-corrected chi connectivity index (χ3v) is 3.38. The Labute approximate surface area is 123 Å². The maximum atomic E-state index is 11.9. The Balaban J connectivity index is 2.15. The summed E-state index contributed by atoms with van der Waals surface area (Å²) in [5.41, 5.74) is 0.981. The summed E-state index contributed by atoms with van der Waals surface area (Å²) in [5, 5.41) is 12.7. The number of carboxylic acid groups (broad SMARTS) is 1. The van der Waals surface area contributed by atoms with Crippen LogP contribution in [-0.4, -0.2) is 28.1 Å². The molecule has 0 fully saturated rings. The van der Waals surface area contributed by atoms with Gasteiger partial charge in [-0.1, -0.05) is 32.0 Å². The number of aromatic carboxylic acids is 1. The molecule has 2 aromatic rings. The van der Waals surface area contributed by atoms with Crippen LogP contribution in [0.4, 0.5) is 0 Å². The zero-order valence-electron chi connectivity index (χ0n) is 12.3. The summed E-state index contributed by atoms with van der Waals surface area (Å²) in [6.07, 6.45) is 2.45. The first-order chi connectivity index (χ1) is 9.99. The van der Waals surface area contributed by atoms with E-state index in [1.165, 1.54) is 6.20 Å². The van der Waals surface area contributed by atoms with Crippen LogP contribution in [0.15, 0.2) is 30.5 Å². The minimum atomic E-state index is -0.981. The van der Waals surface area contributed by atoms with Crippen molar-refractivity contribution in [2.45, 2.75) is 26.8 Å². The second kappa shape index (κ2) is 6.43. The second-order valence-electron chi connectivity index (χ2n) is 5.53. The van der Waals surface area contributed by atoms with E-state index in [4.69, 9.17) is 0 Å². The minimum absolute atomic E-state index is 0.103. The van der Waals surface area contributed by atoms with E-state index in [0.717, 1.165) is 11.9 Å². The lowest BCUT2D eigenvalue weighted by molar-refractivity contribution is -0.121. The third kappa shape index (κ3) is 3.62. The molecule has 1 aromatic carbocycles. The van der Waals surface area contributed by atoms with Gasteiger partial charge >= 0.3 is 5.97 Å². The average Bonchev–Trinajstić information content (AvgIpc) is 2.78. The molecule has 0 aliphatic rings. The van der Waals surface area contributed by atoms with Crippen molar-refractivity contribution < 1.29 is 14.7 Å². The number of nitrogens with one attached hydrogen (secondary N) is 1. The van der Waals surface area contributed by atoms with Crippen LogP contribution in [0.2, 0.25) is 0 Å². The number of carboxylic acids is 1. The molecule has 1 aromatic heterocycles. The zero-order valence-corrected chi connectivity index (χ0v) is 12.3. The van der Waals surface area contributed by atoms with Gasteiger partial charge in [0.1, 0.15) is 6.54 Å². The van der Waals surface area contributed by atoms with Crippen LogP contribution in [0.25, 0.3) is 10.9 Å². The Morgan fingerprint density at radius 3 is 2.67 bits per heavy atom. The van der Waals surface area contributed by atoms with Crippen molar-refractivity contribution in [3.05, 3.63) is 36.0 Å². The number of aromatic nitrogens is 1. The summed E-state index contributed by atoms with van der Waals surface area (Å²) < 4.78 is 1.68. The lowest BCUT2D eigenvalue weighted by Crippen LogP contribution is -2.28. The summed E-state index contributed by atoms with van der Waals surface area (Å²) >= 11 is 0. The molecular formula is C16H20N2O3. The first-order valence-corrected chi connectivity index (χ1v) is 7.07. The molecule has 0 saturated carbocycles. The van der Waals surface area contributed by atoms with Gasteiger partial charge in [-0.2, -0.15) is 0 Å². The lowest BCUT2D eigenvalue weighted by atomic mass is 10.1. The highest BCUT2D eigenvalue weighted by Gasteiger charge is 2.15. The summed E-state index contributed by atoms with van der Waals surface area (Å²) in [4.78, 5) is 23.2. The number of benzene rings is 1. The van der Waals surface area contributed by atoms with E-state index in [9.17, 15) is 14.7 Å². The lowest BCUT2D eigenvalue weighted by Gasteiger charge is -2.08. The molecule has 1 amide bonds. The van der Waals surface area contributed by atoms with Crippen molar-refractivity contribution in [2.75, 3.05) is 6.54 Å². The van der Waals surface area contributed by atoms with E-state index in [2.05, 4.69) is 19.2 Å². The number of rotatable bonds is 6. The number of para-hydroxylation sites is 1. The fourth-order valence-corrected chi connectivity index (χ4v) is 2.26. The van der Waals surface area contributed by atoms with Gasteiger partial charge in [0.2, 0.25) is 5.91 Å². The average molecular weight is 288 g/mol. The van der Waals surface area contributed by atoms with Gasteiger partial charge in [0.15, 0.2) is 0 Å². The molecule has 0 bridgehead atoms. The normalized spacial score (nSPS) is 11.0. The molecule has 5 heteroatoms. The van der Waals surface area contributed by atoms with Crippen LogP contribution >= 0.6 is 0 Å². The van der Waals surface area contributed by atoms with Gasteiger partial charge in [-0.05, 0) is 18.4 Å². The van der Waals surface area contributed by atoms with E-state index >= 15 is 0 Å². The van der Waals surface area contributed by atoms with Crippen molar-refractivity contribution in [3.8, 4) is 0 Å². The Kier molecular flexibility index (Phi) is 4.62. The van der Waals surface area contributed by atoms with Gasteiger partial charge < -0.3 is 15.0 Å². The first kappa shape index (κ1) is 15.1. The van der Waals surface area contributed by atoms with Crippen molar-refractivity contribution >= 4 is 22.8 Å². The molecule has 0 spiro atoms. The van der Waals surface area contributed by atoms with E-state index in [0.29, 0.717) is 17.8 Å². The van der Waals surface area contributed by atoms with Crippen LogP contribution in [0.1, 0.15) is 30.6 Å². The zero-order chi connectivity index (χ0) is 15.4. The number of amides is 1. The molecule has 2 N–H and O–H groups in total. The van der Waals surface area contributed by atoms with E-state index in [1.54, 1.807) is 16.7 Å². The molecule has 0 saturated heterocycles. The molecule has 21 heavy (non-hydrogen) atoms. The van der Waals surface area contributed by atoms with Gasteiger partial charge in [-0.15, -0.1) is 0 Å². The van der Waals surface area contributed by atoms with Gasteiger partial charge in [0.25, 0.3) is 0 Å². The number of hydrogen-bond acceptors (Lipinski definition) is 2. The quantitative estimate of drug-likeness (QED) is 0.858. The van der Waals surface area contributed by atoms with Crippen LogP contribution in [0.3, 0.4) is 0 Å². The van der Waals surface area contributed by atoms with E-state index in [-0.39, 0.29) is 18.0 Å². The van der Waals surface area contributed by atoms with Gasteiger partial charge in [0.05, 0.1) is 5.56 Å². The third-order valence-electron chi connectivity index (χ3n) is 3.38. The summed E-state index contributed by atoms with van der Waals surface area (Å²) in [6, 6.07) is 7.21. The predicted molar refractivity (Wildman–Crippen MR) is 81.4 cm³/mol. The highest BCUT2D eigenvalue weighted by atomic mass is 16.4. The predicted octanol–water partition coefficient (Wildman–Crippen LogP) is 2.50. The standard InChI is InChI=1S/C16H20N2O3/c1-11(2)7-8-17-15(19)10-18-9-13(16(20)21)12-5-3-4-6-14(12)18/h3-6,9,11H,7-8,10H2,1-2H3,(H,17,19)(H,20,21). The van der Waals surface area contributed by atoms with Gasteiger partial charge in [-0.3, -0.25) is 4.79 Å². The van der Waals surface area contributed by atoms with Crippen molar-refractivity contribution in [1.29, 1.82) is 0 Å². The number of hydrogen-bond donors (Lipinski definition) is 2. The molecule has 5 nitrogen and oxygen atoms in total. The van der Waals surface area contributed by atoms with Gasteiger partial charge in [-0.25, -0.2) is 4.79 Å². The molecular weight excluding hydrogens is 268 g/mol. The van der Waals surface area contributed by atoms with Crippen molar-refractivity contribution in [1.82, 2.24) is 9.88 Å². The van der Waals surface area contributed by atoms with Crippen LogP contribution in [0, 0.1) is 5.92 Å². The smallest absolute Gasteiger partial charge is 0.337 e. The number of fused-ring (bicyclic) bond motifs is 1. The molecule has 1 heterocycles. The van der Waals surface area contributed by atoms with Crippen LogP contribution < -0.4 is 5.32 Å². The largest absolute Gasteiger partial charge is 0.478 e.